The van der Waals surface area contributed by atoms with Crippen LogP contribution in [0.2, 0.25) is 0 Å². The molecular formula is C17H19BrCl2FN5O2. The highest BCUT2D eigenvalue weighted by Gasteiger charge is 2.41. The Morgan fingerprint density at radius 3 is 2.54 bits per heavy atom. The second-order valence-corrected chi connectivity index (χ2v) is 9.17. The summed E-state index contributed by atoms with van der Waals surface area (Å²) in [6.45, 7) is 5.25. The third kappa shape index (κ3) is 5.65. The monoisotopic (exact) mass is 493 g/mol. The molecule has 0 aliphatic carbocycles. The molecule has 2 aromatic heterocycles. The second kappa shape index (κ2) is 8.75. The van der Waals surface area contributed by atoms with Gasteiger partial charge in [-0.1, -0.05) is 0 Å². The number of aromatic nitrogens is 3. The Bertz CT molecular complexity index is 887. The quantitative estimate of drug-likeness (QED) is 0.451. The van der Waals surface area contributed by atoms with Crippen molar-refractivity contribution in [1.29, 1.82) is 0 Å². The Morgan fingerprint density at radius 2 is 1.96 bits per heavy atom. The summed E-state index contributed by atoms with van der Waals surface area (Å²) in [5.74, 6) is -2.11. The Morgan fingerprint density at radius 1 is 1.29 bits per heavy atom. The van der Waals surface area contributed by atoms with E-state index in [0.29, 0.717) is 6.54 Å². The van der Waals surface area contributed by atoms with Crippen LogP contribution in [0.5, 0.6) is 0 Å². The summed E-state index contributed by atoms with van der Waals surface area (Å²) in [4.78, 5) is 29.3. The molecule has 2 heterocycles. The molecule has 2 N–H and O–H groups in total. The molecule has 11 heteroatoms. The molecule has 1 atom stereocenters. The largest absolute Gasteiger partial charge is 0.336 e. The molecule has 0 aliphatic rings. The second-order valence-electron chi connectivity index (χ2n) is 6.49. The van der Waals surface area contributed by atoms with E-state index in [-0.39, 0.29) is 22.4 Å². The predicted molar refractivity (Wildman–Crippen MR) is 109 cm³/mol. The van der Waals surface area contributed by atoms with Crippen molar-refractivity contribution in [1.82, 2.24) is 20.1 Å². The number of carbonyl (C=O) groups excluding carboxylic acids is 2. The fourth-order valence-electron chi connectivity index (χ4n) is 2.66. The van der Waals surface area contributed by atoms with Gasteiger partial charge in [0, 0.05) is 19.2 Å². The van der Waals surface area contributed by atoms with Crippen molar-refractivity contribution in [2.45, 2.75) is 43.6 Å². The Balaban J connectivity index is 2.31. The van der Waals surface area contributed by atoms with E-state index in [9.17, 15) is 14.0 Å². The van der Waals surface area contributed by atoms with Gasteiger partial charge in [-0.05, 0) is 54.9 Å². The lowest BCUT2D eigenvalue weighted by atomic mass is 9.93. The topological polar surface area (TPSA) is 88.9 Å². The molecule has 1 unspecified atom stereocenters. The number of anilines is 1. The van der Waals surface area contributed by atoms with E-state index in [1.165, 1.54) is 42.9 Å². The van der Waals surface area contributed by atoms with Crippen molar-refractivity contribution in [3.63, 3.8) is 0 Å². The van der Waals surface area contributed by atoms with Crippen LogP contribution in [0.1, 0.15) is 37.7 Å². The zero-order chi connectivity index (χ0) is 21.1. The first kappa shape index (κ1) is 22.6. The average Bonchev–Trinajstić information content (AvgIpc) is 3.04. The fourth-order valence-corrected chi connectivity index (χ4v) is 3.48. The Hall–Kier alpha value is -1.71. The maximum Gasteiger partial charge on any atom is 0.270 e. The van der Waals surface area contributed by atoms with E-state index in [1.54, 1.807) is 0 Å². The highest BCUT2D eigenvalue weighted by Crippen LogP contribution is 2.32. The Labute approximate surface area is 180 Å². The average molecular weight is 495 g/mol. The van der Waals surface area contributed by atoms with Gasteiger partial charge < -0.3 is 10.6 Å². The first-order valence-corrected chi connectivity index (χ1v) is 9.86. The van der Waals surface area contributed by atoms with Gasteiger partial charge >= 0.3 is 0 Å². The van der Waals surface area contributed by atoms with Gasteiger partial charge in [0.25, 0.3) is 5.91 Å². The predicted octanol–water partition coefficient (Wildman–Crippen LogP) is 3.91. The van der Waals surface area contributed by atoms with Gasteiger partial charge in [-0.25, -0.2) is 4.98 Å². The SMILES string of the molecule is CCn1nccc1C(=O)NC(C)(CC(C)(Cl)Cl)C(=O)Nc1ccc(Br)nc1F. The summed E-state index contributed by atoms with van der Waals surface area (Å²) in [5.41, 5.74) is -1.42. The molecule has 2 rings (SSSR count). The normalized spacial score (nSPS) is 13.7. The molecule has 0 saturated heterocycles. The van der Waals surface area contributed by atoms with Crippen LogP contribution in [0.4, 0.5) is 10.1 Å². The molecule has 2 amide bonds. The summed E-state index contributed by atoms with van der Waals surface area (Å²) in [6.07, 6.45) is 1.35. The number of pyridine rings is 1. The van der Waals surface area contributed by atoms with Gasteiger partial charge in [-0.2, -0.15) is 9.49 Å². The number of alkyl halides is 2. The number of carbonyl (C=O) groups is 2. The first-order valence-electron chi connectivity index (χ1n) is 8.31. The van der Waals surface area contributed by atoms with Gasteiger partial charge in [-0.3, -0.25) is 14.3 Å². The maximum atomic E-state index is 14.0. The van der Waals surface area contributed by atoms with Crippen molar-refractivity contribution < 1.29 is 14.0 Å². The number of nitrogens with zero attached hydrogens (tertiary/aromatic N) is 3. The highest BCUT2D eigenvalue weighted by atomic mass is 79.9. The lowest BCUT2D eigenvalue weighted by Crippen LogP contribution is -2.57. The minimum Gasteiger partial charge on any atom is -0.336 e. The molecule has 152 valence electrons. The summed E-state index contributed by atoms with van der Waals surface area (Å²) in [5, 5.41) is 9.11. The molecule has 0 radical (unpaired) electrons. The number of hydrogen-bond donors (Lipinski definition) is 2. The van der Waals surface area contributed by atoms with Crippen molar-refractivity contribution in [3.8, 4) is 0 Å². The lowest BCUT2D eigenvalue weighted by Gasteiger charge is -2.33. The molecule has 0 fully saturated rings. The summed E-state index contributed by atoms with van der Waals surface area (Å²) in [7, 11) is 0. The standard InChI is InChI=1S/C17H19BrCl2FN5O2/c1-4-26-11(7-8-22-26)14(27)25-16(2,9-17(3,19)20)15(28)23-10-5-6-12(18)24-13(10)21/h5-8H,4,9H2,1-3H3,(H,23,28)(H,25,27). The summed E-state index contributed by atoms with van der Waals surface area (Å²) < 4.78 is 14.4. The number of rotatable bonds is 7. The summed E-state index contributed by atoms with van der Waals surface area (Å²) in [6, 6.07) is 4.34. The van der Waals surface area contributed by atoms with Crippen molar-refractivity contribution in [3.05, 3.63) is 40.6 Å². The van der Waals surface area contributed by atoms with Crippen LogP contribution in [0.3, 0.4) is 0 Å². The third-order valence-corrected chi connectivity index (χ3v) is 4.58. The molecule has 0 aliphatic heterocycles. The molecule has 2 aromatic rings. The van der Waals surface area contributed by atoms with Crippen molar-refractivity contribution >= 4 is 56.6 Å². The number of aryl methyl sites for hydroxylation is 1. The zero-order valence-corrected chi connectivity index (χ0v) is 18.5. The van der Waals surface area contributed by atoms with E-state index >= 15 is 0 Å². The van der Waals surface area contributed by atoms with E-state index < -0.39 is 27.6 Å². The van der Waals surface area contributed by atoms with Crippen molar-refractivity contribution in [2.75, 3.05) is 5.32 Å². The molecule has 0 aromatic carbocycles. The van der Waals surface area contributed by atoms with Gasteiger partial charge in [-0.15, -0.1) is 23.2 Å². The molecular weight excluding hydrogens is 476 g/mol. The highest BCUT2D eigenvalue weighted by molar-refractivity contribution is 9.10. The lowest BCUT2D eigenvalue weighted by molar-refractivity contribution is -0.121. The van der Waals surface area contributed by atoms with Crippen LogP contribution >= 0.6 is 39.1 Å². The van der Waals surface area contributed by atoms with Crippen LogP contribution in [0, 0.1) is 5.95 Å². The fraction of sp³-hybridized carbons (Fsp3) is 0.412. The number of amides is 2. The molecule has 7 nitrogen and oxygen atoms in total. The van der Waals surface area contributed by atoms with E-state index in [2.05, 4.69) is 36.6 Å². The zero-order valence-electron chi connectivity index (χ0n) is 15.4. The van der Waals surface area contributed by atoms with E-state index in [0.717, 1.165) is 0 Å². The number of nitrogens with one attached hydrogen (secondary N) is 2. The van der Waals surface area contributed by atoms with Gasteiger partial charge in [0.2, 0.25) is 11.9 Å². The van der Waals surface area contributed by atoms with Crippen LogP contribution in [0.15, 0.2) is 29.0 Å². The Kier molecular flexibility index (Phi) is 7.06. The first-order chi connectivity index (χ1) is 12.9. The van der Waals surface area contributed by atoms with Gasteiger partial charge in [0.15, 0.2) is 0 Å². The molecule has 0 spiro atoms. The minimum absolute atomic E-state index is 0.132. The van der Waals surface area contributed by atoms with E-state index in [1.807, 2.05) is 6.92 Å². The number of hydrogen-bond acceptors (Lipinski definition) is 4. The van der Waals surface area contributed by atoms with Crippen LogP contribution in [-0.2, 0) is 11.3 Å². The summed E-state index contributed by atoms with van der Waals surface area (Å²) >= 11 is 15.3. The molecule has 28 heavy (non-hydrogen) atoms. The van der Waals surface area contributed by atoms with Gasteiger partial charge in [0.1, 0.15) is 20.2 Å². The third-order valence-electron chi connectivity index (χ3n) is 3.87. The maximum absolute atomic E-state index is 14.0. The molecule has 0 saturated carbocycles. The van der Waals surface area contributed by atoms with Gasteiger partial charge in [0.05, 0.1) is 5.69 Å². The van der Waals surface area contributed by atoms with E-state index in [4.69, 9.17) is 23.2 Å². The van der Waals surface area contributed by atoms with Crippen LogP contribution < -0.4 is 10.6 Å². The number of halogens is 4. The minimum atomic E-state index is -1.54. The smallest absolute Gasteiger partial charge is 0.270 e. The van der Waals surface area contributed by atoms with Crippen molar-refractivity contribution in [2.24, 2.45) is 0 Å². The van der Waals surface area contributed by atoms with Crippen LogP contribution in [-0.4, -0.2) is 36.5 Å². The molecule has 0 bridgehead atoms. The van der Waals surface area contributed by atoms with Crippen LogP contribution in [0.25, 0.3) is 0 Å².